The number of hydrogen-bond donors (Lipinski definition) is 0. The molecule has 0 spiro atoms. The van der Waals surface area contributed by atoms with Crippen molar-refractivity contribution in [1.82, 2.24) is 0 Å². The SMILES string of the molecule is FC(F)(F)c1cccc2cc(CBr)ccc12. The van der Waals surface area contributed by atoms with Gasteiger partial charge in [-0.2, -0.15) is 13.2 Å². The van der Waals surface area contributed by atoms with Crippen LogP contribution in [0.25, 0.3) is 10.8 Å². The van der Waals surface area contributed by atoms with Gasteiger partial charge in [0.15, 0.2) is 0 Å². The summed E-state index contributed by atoms with van der Waals surface area (Å²) in [4.78, 5) is 0. The predicted molar refractivity (Wildman–Crippen MR) is 61.6 cm³/mol. The number of fused-ring (bicyclic) bond motifs is 1. The number of alkyl halides is 4. The van der Waals surface area contributed by atoms with Crippen LogP contribution in [-0.2, 0) is 11.5 Å². The summed E-state index contributed by atoms with van der Waals surface area (Å²) in [6.45, 7) is 0. The van der Waals surface area contributed by atoms with Gasteiger partial charge in [-0.15, -0.1) is 0 Å². The lowest BCUT2D eigenvalue weighted by atomic mass is 10.0. The van der Waals surface area contributed by atoms with Crippen molar-refractivity contribution in [2.75, 3.05) is 0 Å². The molecule has 2 aromatic carbocycles. The van der Waals surface area contributed by atoms with Gasteiger partial charge in [0.25, 0.3) is 0 Å². The molecule has 0 aliphatic rings. The molecule has 0 aliphatic carbocycles. The Morgan fingerprint density at radius 2 is 1.81 bits per heavy atom. The zero-order chi connectivity index (χ0) is 11.8. The van der Waals surface area contributed by atoms with Gasteiger partial charge in [-0.05, 0) is 22.4 Å². The van der Waals surface area contributed by atoms with Gasteiger partial charge >= 0.3 is 6.18 Å². The van der Waals surface area contributed by atoms with Crippen molar-refractivity contribution >= 4 is 26.7 Å². The molecule has 0 aliphatic heterocycles. The Hall–Kier alpha value is -1.03. The fourth-order valence-electron chi connectivity index (χ4n) is 1.66. The van der Waals surface area contributed by atoms with Gasteiger partial charge in [-0.3, -0.25) is 0 Å². The van der Waals surface area contributed by atoms with E-state index in [9.17, 15) is 13.2 Å². The Morgan fingerprint density at radius 1 is 1.06 bits per heavy atom. The molecule has 0 atom stereocenters. The van der Waals surface area contributed by atoms with Crippen LogP contribution in [0.5, 0.6) is 0 Å². The minimum atomic E-state index is -4.30. The predicted octanol–water partition coefficient (Wildman–Crippen LogP) is 4.75. The lowest BCUT2D eigenvalue weighted by Gasteiger charge is -2.10. The molecule has 0 unspecified atom stereocenters. The molecule has 16 heavy (non-hydrogen) atoms. The van der Waals surface area contributed by atoms with Crippen molar-refractivity contribution in [2.45, 2.75) is 11.5 Å². The summed E-state index contributed by atoms with van der Waals surface area (Å²) in [7, 11) is 0. The molecule has 0 nitrogen and oxygen atoms in total. The van der Waals surface area contributed by atoms with Crippen LogP contribution in [0.2, 0.25) is 0 Å². The lowest BCUT2D eigenvalue weighted by molar-refractivity contribution is -0.136. The number of rotatable bonds is 1. The van der Waals surface area contributed by atoms with Crippen LogP contribution in [0.15, 0.2) is 36.4 Å². The van der Waals surface area contributed by atoms with E-state index in [2.05, 4.69) is 15.9 Å². The van der Waals surface area contributed by atoms with Crippen LogP contribution in [0.3, 0.4) is 0 Å². The summed E-state index contributed by atoms with van der Waals surface area (Å²) in [5.74, 6) is 0. The van der Waals surface area contributed by atoms with E-state index in [1.165, 1.54) is 12.1 Å². The van der Waals surface area contributed by atoms with Gasteiger partial charge in [0, 0.05) is 5.33 Å². The second kappa shape index (κ2) is 4.09. The summed E-state index contributed by atoms with van der Waals surface area (Å²) < 4.78 is 38.1. The number of benzene rings is 2. The molecule has 0 saturated heterocycles. The zero-order valence-electron chi connectivity index (χ0n) is 8.18. The van der Waals surface area contributed by atoms with Crippen LogP contribution in [0, 0.1) is 0 Å². The Bertz CT molecular complexity index is 517. The van der Waals surface area contributed by atoms with Crippen LogP contribution in [-0.4, -0.2) is 0 Å². The normalized spacial score (nSPS) is 12.0. The van der Waals surface area contributed by atoms with Crippen molar-refractivity contribution in [3.8, 4) is 0 Å². The molecule has 2 rings (SSSR count). The summed E-state index contributed by atoms with van der Waals surface area (Å²) in [5, 5.41) is 1.51. The van der Waals surface area contributed by atoms with E-state index in [0.717, 1.165) is 11.6 Å². The molecule has 0 bridgehead atoms. The summed E-state index contributed by atoms with van der Waals surface area (Å²) in [6, 6.07) is 9.22. The van der Waals surface area contributed by atoms with E-state index in [-0.39, 0.29) is 5.39 Å². The summed E-state index contributed by atoms with van der Waals surface area (Å²) in [6.07, 6.45) is -4.30. The Balaban J connectivity index is 2.70. The molecule has 0 N–H and O–H groups in total. The smallest absolute Gasteiger partial charge is 0.166 e. The molecular weight excluding hydrogens is 281 g/mol. The molecule has 0 radical (unpaired) electrons. The Labute approximate surface area is 99.2 Å². The third kappa shape index (κ3) is 2.07. The molecule has 2 aromatic rings. The average molecular weight is 289 g/mol. The van der Waals surface area contributed by atoms with Crippen LogP contribution in [0.1, 0.15) is 11.1 Å². The van der Waals surface area contributed by atoms with Crippen molar-refractivity contribution in [1.29, 1.82) is 0 Å². The van der Waals surface area contributed by atoms with Crippen molar-refractivity contribution in [3.05, 3.63) is 47.5 Å². The highest BCUT2D eigenvalue weighted by atomic mass is 79.9. The maximum atomic E-state index is 12.7. The van der Waals surface area contributed by atoms with Gasteiger partial charge in [0.2, 0.25) is 0 Å². The minimum Gasteiger partial charge on any atom is -0.166 e. The van der Waals surface area contributed by atoms with E-state index in [4.69, 9.17) is 0 Å². The van der Waals surface area contributed by atoms with E-state index >= 15 is 0 Å². The molecular formula is C12H8BrF3. The molecule has 84 valence electrons. The topological polar surface area (TPSA) is 0 Å². The monoisotopic (exact) mass is 288 g/mol. The number of halogens is 4. The zero-order valence-corrected chi connectivity index (χ0v) is 9.77. The highest BCUT2D eigenvalue weighted by molar-refractivity contribution is 9.08. The van der Waals surface area contributed by atoms with Crippen molar-refractivity contribution < 1.29 is 13.2 Å². The summed E-state index contributed by atoms with van der Waals surface area (Å²) in [5.41, 5.74) is 0.387. The first-order valence-corrected chi connectivity index (χ1v) is 5.79. The standard InChI is InChI=1S/C12H8BrF3/c13-7-8-4-5-10-9(6-8)2-1-3-11(10)12(14,15)16/h1-6H,7H2. The lowest BCUT2D eigenvalue weighted by Crippen LogP contribution is -2.05. The fourth-order valence-corrected chi connectivity index (χ4v) is 2.01. The third-order valence-electron chi connectivity index (χ3n) is 2.40. The van der Waals surface area contributed by atoms with Gasteiger partial charge in [-0.25, -0.2) is 0 Å². The van der Waals surface area contributed by atoms with Gasteiger partial charge in [0.1, 0.15) is 0 Å². The second-order valence-corrected chi connectivity index (χ2v) is 4.05. The fraction of sp³-hybridized carbons (Fsp3) is 0.167. The molecule has 4 heteroatoms. The van der Waals surface area contributed by atoms with Gasteiger partial charge < -0.3 is 0 Å². The summed E-state index contributed by atoms with van der Waals surface area (Å²) >= 11 is 3.28. The molecule has 0 amide bonds. The van der Waals surface area contributed by atoms with Crippen molar-refractivity contribution in [2.24, 2.45) is 0 Å². The highest BCUT2D eigenvalue weighted by Gasteiger charge is 2.32. The van der Waals surface area contributed by atoms with Crippen LogP contribution >= 0.6 is 15.9 Å². The largest absolute Gasteiger partial charge is 0.417 e. The maximum absolute atomic E-state index is 12.7. The first-order chi connectivity index (χ1) is 7.52. The number of hydrogen-bond acceptors (Lipinski definition) is 0. The average Bonchev–Trinajstić information content (AvgIpc) is 2.26. The van der Waals surface area contributed by atoms with Crippen LogP contribution < -0.4 is 0 Å². The first-order valence-electron chi connectivity index (χ1n) is 4.67. The van der Waals surface area contributed by atoms with E-state index in [1.54, 1.807) is 18.2 Å². The minimum absolute atomic E-state index is 0.250. The first kappa shape index (κ1) is 11.5. The molecule has 0 saturated carbocycles. The van der Waals surface area contributed by atoms with Crippen molar-refractivity contribution in [3.63, 3.8) is 0 Å². The Morgan fingerprint density at radius 3 is 2.44 bits per heavy atom. The van der Waals surface area contributed by atoms with E-state index < -0.39 is 11.7 Å². The Kier molecular flexibility index (Phi) is 2.93. The highest BCUT2D eigenvalue weighted by Crippen LogP contribution is 2.34. The molecule has 0 fully saturated rings. The van der Waals surface area contributed by atoms with E-state index in [1.807, 2.05) is 0 Å². The maximum Gasteiger partial charge on any atom is 0.417 e. The molecule has 0 aromatic heterocycles. The quantitative estimate of drug-likeness (QED) is 0.664. The molecule has 0 heterocycles. The second-order valence-electron chi connectivity index (χ2n) is 3.49. The van der Waals surface area contributed by atoms with Gasteiger partial charge in [-0.1, -0.05) is 46.3 Å². The van der Waals surface area contributed by atoms with E-state index in [0.29, 0.717) is 10.7 Å². The third-order valence-corrected chi connectivity index (χ3v) is 3.05. The van der Waals surface area contributed by atoms with Gasteiger partial charge in [0.05, 0.1) is 5.56 Å². The van der Waals surface area contributed by atoms with Crippen LogP contribution in [0.4, 0.5) is 13.2 Å².